The molecule has 0 bridgehead atoms. The number of ether oxygens (including phenoxy) is 1. The Labute approximate surface area is 161 Å². The fourth-order valence-electron chi connectivity index (χ4n) is 1.12. The molecule has 122 valence electrons. The molecule has 0 heterocycles. The van der Waals surface area contributed by atoms with Gasteiger partial charge in [0.1, 0.15) is 11.8 Å². The predicted octanol–water partition coefficient (Wildman–Crippen LogP) is 6.58. The molecule has 0 spiro atoms. The van der Waals surface area contributed by atoms with Crippen molar-refractivity contribution in [1.82, 2.24) is 0 Å². The van der Waals surface area contributed by atoms with Gasteiger partial charge in [0.05, 0.1) is 10.0 Å². The first-order chi connectivity index (χ1) is 10.0. The lowest BCUT2D eigenvalue weighted by molar-refractivity contribution is -0.148. The van der Waals surface area contributed by atoms with Crippen molar-refractivity contribution >= 4 is 85.6 Å². The van der Waals surface area contributed by atoms with Gasteiger partial charge in [-0.15, -0.1) is 10.2 Å². The van der Waals surface area contributed by atoms with Crippen molar-refractivity contribution in [3.05, 3.63) is 27.2 Å². The third kappa shape index (κ3) is 5.69. The quantitative estimate of drug-likeness (QED) is 0.211. The lowest BCUT2D eigenvalue weighted by atomic mass is 10.3. The lowest BCUT2D eigenvalue weighted by Crippen LogP contribution is -2.32. The Hall–Kier alpha value is 0.220. The zero-order valence-corrected chi connectivity index (χ0v) is 16.7. The van der Waals surface area contributed by atoms with Crippen LogP contribution in [0.4, 0.5) is 5.69 Å². The van der Waals surface area contributed by atoms with Gasteiger partial charge in [0.2, 0.25) is 0 Å². The van der Waals surface area contributed by atoms with Gasteiger partial charge in [-0.2, -0.15) is 0 Å². The van der Waals surface area contributed by atoms with Crippen molar-refractivity contribution < 1.29 is 9.53 Å². The first-order valence-corrected chi connectivity index (χ1v) is 8.65. The van der Waals surface area contributed by atoms with Gasteiger partial charge in [-0.3, -0.25) is 0 Å². The Morgan fingerprint density at radius 3 is 2.18 bits per heavy atom. The number of benzene rings is 1. The van der Waals surface area contributed by atoms with Gasteiger partial charge in [-0.05, 0) is 26.0 Å². The molecule has 0 N–H and O–H groups in total. The SMILES string of the molecule is CC(Br)C(C)OC(=O)C(Cl)(Cl)N=Nc1c(Cl)cc(Cl)cc1Cl. The molecule has 10 heteroatoms. The van der Waals surface area contributed by atoms with E-state index in [4.69, 9.17) is 62.7 Å². The number of rotatable bonds is 5. The summed E-state index contributed by atoms with van der Waals surface area (Å²) in [5.74, 6) is -0.959. The molecule has 4 nitrogen and oxygen atoms in total. The molecule has 0 aliphatic carbocycles. The molecule has 0 aliphatic heterocycles. The van der Waals surface area contributed by atoms with E-state index in [1.54, 1.807) is 13.8 Å². The second-order valence-electron chi connectivity index (χ2n) is 4.25. The molecule has 0 aromatic heterocycles. The van der Waals surface area contributed by atoms with E-state index in [0.717, 1.165) is 0 Å². The van der Waals surface area contributed by atoms with Gasteiger partial charge in [-0.25, -0.2) is 4.79 Å². The number of esters is 1. The largest absolute Gasteiger partial charge is 0.458 e. The maximum Gasteiger partial charge on any atom is 0.368 e. The molecule has 22 heavy (non-hydrogen) atoms. The van der Waals surface area contributed by atoms with Crippen LogP contribution in [0.25, 0.3) is 0 Å². The zero-order chi connectivity index (χ0) is 17.1. The highest BCUT2D eigenvalue weighted by Crippen LogP contribution is 2.38. The first kappa shape index (κ1) is 20.3. The average Bonchev–Trinajstić information content (AvgIpc) is 2.36. The third-order valence-corrected chi connectivity index (χ3v) is 4.44. The van der Waals surface area contributed by atoms with Crippen molar-refractivity contribution in [3.8, 4) is 0 Å². The van der Waals surface area contributed by atoms with Crippen molar-refractivity contribution in [1.29, 1.82) is 0 Å². The Kier molecular flexibility index (Phi) is 7.70. The molecule has 0 saturated heterocycles. The van der Waals surface area contributed by atoms with E-state index < -0.39 is 16.5 Å². The summed E-state index contributed by atoms with van der Waals surface area (Å²) in [6.07, 6.45) is -0.456. The molecule has 2 unspecified atom stereocenters. The van der Waals surface area contributed by atoms with Crippen molar-refractivity contribution in [2.45, 2.75) is 29.2 Å². The molecule has 1 aromatic rings. The Bertz CT molecular complexity index is 572. The van der Waals surface area contributed by atoms with Crippen LogP contribution >= 0.6 is 73.9 Å². The van der Waals surface area contributed by atoms with Crippen LogP contribution in [0.3, 0.4) is 0 Å². The van der Waals surface area contributed by atoms with Crippen molar-refractivity contribution in [2.75, 3.05) is 0 Å². The summed E-state index contributed by atoms with van der Waals surface area (Å²) in [5, 5.41) is 7.87. The minimum absolute atomic E-state index is 0.0855. The molecule has 0 aliphatic rings. The zero-order valence-electron chi connectivity index (χ0n) is 11.3. The van der Waals surface area contributed by atoms with Crippen LogP contribution < -0.4 is 0 Å². The first-order valence-electron chi connectivity index (χ1n) is 5.85. The van der Waals surface area contributed by atoms with Crippen molar-refractivity contribution in [3.63, 3.8) is 0 Å². The minimum Gasteiger partial charge on any atom is -0.458 e. The number of alkyl halides is 3. The third-order valence-electron chi connectivity index (χ3n) is 2.44. The summed E-state index contributed by atoms with van der Waals surface area (Å²) in [6.45, 7) is 3.47. The number of halogens is 6. The number of hydrogen-bond acceptors (Lipinski definition) is 4. The summed E-state index contributed by atoms with van der Waals surface area (Å²) in [6, 6.07) is 2.83. The Balaban J connectivity index is 2.94. The van der Waals surface area contributed by atoms with E-state index in [-0.39, 0.29) is 20.6 Å². The molecule has 0 saturated carbocycles. The maximum absolute atomic E-state index is 11.9. The van der Waals surface area contributed by atoms with E-state index in [1.807, 2.05) is 0 Å². The summed E-state index contributed by atoms with van der Waals surface area (Å²) >= 11 is 32.6. The smallest absolute Gasteiger partial charge is 0.368 e. The van der Waals surface area contributed by atoms with E-state index in [2.05, 4.69) is 26.2 Å². The minimum atomic E-state index is -2.22. The van der Waals surface area contributed by atoms with Gasteiger partial charge >= 0.3 is 10.4 Å². The molecule has 2 atom stereocenters. The average molecular weight is 471 g/mol. The van der Waals surface area contributed by atoms with Crippen LogP contribution in [0.15, 0.2) is 22.4 Å². The summed E-state index contributed by atoms with van der Waals surface area (Å²) in [5.41, 5.74) is 0.0908. The summed E-state index contributed by atoms with van der Waals surface area (Å²) in [7, 11) is 0. The molecule has 1 rings (SSSR count). The van der Waals surface area contributed by atoms with Gasteiger partial charge in [0, 0.05) is 9.85 Å². The van der Waals surface area contributed by atoms with E-state index in [0.29, 0.717) is 5.02 Å². The normalized spacial score (nSPS) is 14.9. The number of nitrogens with zero attached hydrogens (tertiary/aromatic N) is 2. The molecule has 0 radical (unpaired) electrons. The number of hydrogen-bond donors (Lipinski definition) is 0. The molecular formula is C12H10BrCl5N2O2. The van der Waals surface area contributed by atoms with Gasteiger partial charge in [0.25, 0.3) is 0 Å². The maximum atomic E-state index is 11.9. The van der Waals surface area contributed by atoms with Crippen LogP contribution in [0.1, 0.15) is 13.8 Å². The second kappa shape index (κ2) is 8.36. The van der Waals surface area contributed by atoms with Gasteiger partial charge in [0.15, 0.2) is 0 Å². The standard InChI is InChI=1S/C12H10BrCl5N2O2/c1-5(13)6(2)22-11(21)12(17,18)20-19-10-8(15)3-7(14)4-9(10)16/h3-6H,1-2H3. The van der Waals surface area contributed by atoms with Crippen LogP contribution in [-0.2, 0) is 9.53 Å². The molecule has 0 fully saturated rings. The summed E-state index contributed by atoms with van der Waals surface area (Å²) < 4.78 is 2.83. The highest BCUT2D eigenvalue weighted by molar-refractivity contribution is 9.09. The fraction of sp³-hybridized carbons (Fsp3) is 0.417. The van der Waals surface area contributed by atoms with Crippen LogP contribution in [0, 0.1) is 0 Å². The van der Waals surface area contributed by atoms with Crippen molar-refractivity contribution in [2.24, 2.45) is 10.2 Å². The monoisotopic (exact) mass is 468 g/mol. The van der Waals surface area contributed by atoms with Gasteiger partial charge in [-0.1, -0.05) is 73.9 Å². The number of carbonyl (C=O) groups excluding carboxylic acids is 1. The highest BCUT2D eigenvalue weighted by atomic mass is 79.9. The molecular weight excluding hydrogens is 461 g/mol. The number of azo groups is 1. The number of carbonyl (C=O) groups is 1. The topological polar surface area (TPSA) is 51.0 Å². The Morgan fingerprint density at radius 1 is 1.23 bits per heavy atom. The molecule has 0 amide bonds. The van der Waals surface area contributed by atoms with Crippen LogP contribution in [-0.4, -0.2) is 21.4 Å². The summed E-state index contributed by atoms with van der Waals surface area (Å²) in [4.78, 5) is 11.8. The second-order valence-corrected chi connectivity index (χ2v) is 8.23. The van der Waals surface area contributed by atoms with Crippen LogP contribution in [0.2, 0.25) is 15.1 Å². The fourth-order valence-corrected chi connectivity index (χ4v) is 2.28. The van der Waals surface area contributed by atoms with Crippen LogP contribution in [0.5, 0.6) is 0 Å². The predicted molar refractivity (Wildman–Crippen MR) is 94.4 cm³/mol. The Morgan fingerprint density at radius 2 is 1.73 bits per heavy atom. The lowest BCUT2D eigenvalue weighted by Gasteiger charge is -2.19. The van der Waals surface area contributed by atoms with E-state index in [1.165, 1.54) is 12.1 Å². The molecule has 1 aromatic carbocycles. The van der Waals surface area contributed by atoms with Gasteiger partial charge < -0.3 is 4.74 Å². The highest BCUT2D eigenvalue weighted by Gasteiger charge is 2.37. The van der Waals surface area contributed by atoms with E-state index >= 15 is 0 Å². The van der Waals surface area contributed by atoms with E-state index in [9.17, 15) is 4.79 Å².